The number of cyclic esters (lactones) is 1. The summed E-state index contributed by atoms with van der Waals surface area (Å²) in [7, 11) is 0. The number of aliphatic hydroxyl groups excluding tert-OH is 1. The number of rotatable bonds is 0. The number of aliphatic hydroxyl groups is 1. The molecule has 0 spiro atoms. The van der Waals surface area contributed by atoms with Gasteiger partial charge in [0, 0.05) is 12.6 Å². The monoisotopic (exact) mass is 273 g/mol. The topological polar surface area (TPSA) is 49.8 Å². The predicted molar refractivity (Wildman–Crippen MR) is 73.0 cm³/mol. The van der Waals surface area contributed by atoms with Crippen LogP contribution in [0.4, 0.5) is 0 Å². The van der Waals surface area contributed by atoms with E-state index in [2.05, 4.69) is 29.2 Å². The Labute approximate surface area is 118 Å². The number of hydrogen-bond acceptors (Lipinski definition) is 4. The number of piperidine rings is 1. The molecule has 1 aromatic carbocycles. The molecular formula is C16H19NO3. The number of esters is 1. The summed E-state index contributed by atoms with van der Waals surface area (Å²) in [5.41, 5.74) is 2.68. The summed E-state index contributed by atoms with van der Waals surface area (Å²) in [4.78, 5) is 14.3. The van der Waals surface area contributed by atoms with E-state index in [1.165, 1.54) is 11.1 Å². The molecule has 1 N–H and O–H groups in total. The molecule has 0 unspecified atom stereocenters. The van der Waals surface area contributed by atoms with Crippen LogP contribution in [-0.4, -0.2) is 40.8 Å². The summed E-state index contributed by atoms with van der Waals surface area (Å²) in [5, 5.41) is 10.4. The van der Waals surface area contributed by atoms with E-state index in [9.17, 15) is 9.90 Å². The summed E-state index contributed by atoms with van der Waals surface area (Å²) in [6.07, 6.45) is 0.910. The van der Waals surface area contributed by atoms with Crippen LogP contribution in [0.15, 0.2) is 24.3 Å². The zero-order valence-corrected chi connectivity index (χ0v) is 11.5. The largest absolute Gasteiger partial charge is 0.461 e. The summed E-state index contributed by atoms with van der Waals surface area (Å²) in [6, 6.07) is 8.69. The minimum Gasteiger partial charge on any atom is -0.461 e. The fourth-order valence-electron chi connectivity index (χ4n) is 4.29. The highest BCUT2D eigenvalue weighted by molar-refractivity contribution is 5.77. The molecule has 0 saturated carbocycles. The van der Waals surface area contributed by atoms with Crippen molar-refractivity contribution in [1.82, 2.24) is 4.90 Å². The Balaban J connectivity index is 1.76. The maximum atomic E-state index is 11.9. The highest BCUT2D eigenvalue weighted by atomic mass is 16.6. The number of carbonyl (C=O) groups excluding carboxylic acids is 1. The Kier molecular flexibility index (Phi) is 2.66. The third-order valence-electron chi connectivity index (χ3n) is 5.14. The molecule has 106 valence electrons. The van der Waals surface area contributed by atoms with Gasteiger partial charge in [-0.15, -0.1) is 0 Å². The zero-order chi connectivity index (χ0) is 13.9. The van der Waals surface area contributed by atoms with Crippen molar-refractivity contribution in [2.45, 2.75) is 44.1 Å². The van der Waals surface area contributed by atoms with Gasteiger partial charge in [-0.2, -0.15) is 0 Å². The lowest BCUT2D eigenvalue weighted by molar-refractivity contribution is -0.147. The minimum atomic E-state index is -0.593. The van der Waals surface area contributed by atoms with Gasteiger partial charge in [0.15, 0.2) is 0 Å². The molecule has 3 aliphatic heterocycles. The molecule has 0 radical (unpaired) electrons. The van der Waals surface area contributed by atoms with Crippen molar-refractivity contribution >= 4 is 5.97 Å². The van der Waals surface area contributed by atoms with Crippen LogP contribution >= 0.6 is 0 Å². The molecule has 2 fully saturated rings. The number of nitrogens with zero attached hydrogens (tertiary/aromatic N) is 1. The van der Waals surface area contributed by atoms with Crippen LogP contribution in [0, 0.1) is 5.92 Å². The van der Waals surface area contributed by atoms with Gasteiger partial charge in [-0.05, 0) is 30.9 Å². The molecule has 0 aliphatic carbocycles. The van der Waals surface area contributed by atoms with Crippen molar-refractivity contribution in [2.75, 3.05) is 6.54 Å². The highest BCUT2D eigenvalue weighted by Crippen LogP contribution is 2.45. The second-order valence-electron chi connectivity index (χ2n) is 6.16. The van der Waals surface area contributed by atoms with Gasteiger partial charge in [-0.1, -0.05) is 24.3 Å². The van der Waals surface area contributed by atoms with Crippen molar-refractivity contribution < 1.29 is 14.6 Å². The van der Waals surface area contributed by atoms with E-state index in [1.54, 1.807) is 0 Å². The molecule has 0 aromatic heterocycles. The Morgan fingerprint density at radius 2 is 2.15 bits per heavy atom. The average molecular weight is 273 g/mol. The van der Waals surface area contributed by atoms with Crippen molar-refractivity contribution in [3.63, 3.8) is 0 Å². The fourth-order valence-corrected chi connectivity index (χ4v) is 4.29. The van der Waals surface area contributed by atoms with E-state index in [4.69, 9.17) is 4.74 Å². The normalized spacial score (nSPS) is 39.7. The summed E-state index contributed by atoms with van der Waals surface area (Å²) in [5.74, 6) is -0.598. The van der Waals surface area contributed by atoms with Crippen LogP contribution in [0.25, 0.3) is 0 Å². The smallest absolute Gasteiger partial charge is 0.313 e. The van der Waals surface area contributed by atoms with Crippen molar-refractivity contribution in [3.8, 4) is 0 Å². The van der Waals surface area contributed by atoms with Crippen LogP contribution in [0.1, 0.15) is 30.5 Å². The van der Waals surface area contributed by atoms with Gasteiger partial charge >= 0.3 is 5.97 Å². The summed E-state index contributed by atoms with van der Waals surface area (Å²) >= 11 is 0. The molecule has 3 aliphatic rings. The quantitative estimate of drug-likeness (QED) is 0.724. The molecule has 4 heteroatoms. The molecule has 4 rings (SSSR count). The average Bonchev–Trinajstić information content (AvgIpc) is 2.75. The van der Waals surface area contributed by atoms with E-state index >= 15 is 0 Å². The first-order valence-corrected chi connectivity index (χ1v) is 7.39. The van der Waals surface area contributed by atoms with Crippen molar-refractivity contribution in [3.05, 3.63) is 35.4 Å². The zero-order valence-electron chi connectivity index (χ0n) is 11.5. The third-order valence-corrected chi connectivity index (χ3v) is 5.14. The summed E-state index contributed by atoms with van der Waals surface area (Å²) in [6.45, 7) is 2.88. The number of carbonyl (C=O) groups is 1. The lowest BCUT2D eigenvalue weighted by Crippen LogP contribution is -2.56. The van der Waals surface area contributed by atoms with Crippen LogP contribution in [-0.2, 0) is 16.0 Å². The molecule has 0 bridgehead atoms. The number of hydrogen-bond donors (Lipinski definition) is 1. The van der Waals surface area contributed by atoms with Gasteiger partial charge in [0.2, 0.25) is 0 Å². The molecule has 5 atom stereocenters. The van der Waals surface area contributed by atoms with E-state index in [-0.39, 0.29) is 30.1 Å². The van der Waals surface area contributed by atoms with Gasteiger partial charge < -0.3 is 9.84 Å². The van der Waals surface area contributed by atoms with E-state index in [0.717, 1.165) is 13.0 Å². The van der Waals surface area contributed by atoms with Gasteiger partial charge in [0.1, 0.15) is 12.0 Å². The van der Waals surface area contributed by atoms with Crippen LogP contribution < -0.4 is 0 Å². The van der Waals surface area contributed by atoms with Crippen LogP contribution in [0.5, 0.6) is 0 Å². The van der Waals surface area contributed by atoms with Gasteiger partial charge in [-0.25, -0.2) is 0 Å². The van der Waals surface area contributed by atoms with E-state index in [0.29, 0.717) is 6.42 Å². The Hall–Kier alpha value is -1.39. The maximum Gasteiger partial charge on any atom is 0.313 e. The van der Waals surface area contributed by atoms with Gasteiger partial charge in [-0.3, -0.25) is 9.69 Å². The van der Waals surface area contributed by atoms with Crippen LogP contribution in [0.2, 0.25) is 0 Å². The van der Waals surface area contributed by atoms with Gasteiger partial charge in [0.05, 0.1) is 12.1 Å². The van der Waals surface area contributed by atoms with Crippen molar-refractivity contribution in [1.29, 1.82) is 0 Å². The lowest BCUT2D eigenvalue weighted by Gasteiger charge is -2.48. The first-order chi connectivity index (χ1) is 9.66. The lowest BCUT2D eigenvalue weighted by atomic mass is 9.77. The second-order valence-corrected chi connectivity index (χ2v) is 6.16. The van der Waals surface area contributed by atoms with E-state index < -0.39 is 6.10 Å². The molecule has 3 heterocycles. The third kappa shape index (κ3) is 1.58. The predicted octanol–water partition coefficient (Wildman–Crippen LogP) is 1.28. The molecule has 2 saturated heterocycles. The summed E-state index contributed by atoms with van der Waals surface area (Å²) < 4.78 is 5.37. The van der Waals surface area contributed by atoms with Crippen molar-refractivity contribution in [2.24, 2.45) is 5.92 Å². The molecule has 0 amide bonds. The molecule has 20 heavy (non-hydrogen) atoms. The first-order valence-electron chi connectivity index (χ1n) is 7.39. The fraction of sp³-hybridized carbons (Fsp3) is 0.562. The number of benzene rings is 1. The SMILES string of the molecule is C[C@@H]1OC(=O)[C@H]2[C@H]1N1CCc3ccccc3[C@@H]1C[C@@H]2O. The Morgan fingerprint density at radius 3 is 3.00 bits per heavy atom. The molecular weight excluding hydrogens is 254 g/mol. The Bertz CT molecular complexity index is 558. The standard InChI is InChI=1S/C16H19NO3/c1-9-15-14(16(19)20-9)13(18)8-12-11-5-3-2-4-10(11)6-7-17(12)15/h2-5,9,12-15,18H,6-8H2,1H3/t9-,12-,13-,14+,15-/m0/s1. The number of fused-ring (bicyclic) bond motifs is 5. The van der Waals surface area contributed by atoms with Crippen LogP contribution in [0.3, 0.4) is 0 Å². The molecule has 4 nitrogen and oxygen atoms in total. The maximum absolute atomic E-state index is 11.9. The Morgan fingerprint density at radius 1 is 1.35 bits per heavy atom. The second kappa shape index (κ2) is 4.30. The minimum absolute atomic E-state index is 0.0182. The number of ether oxygens (including phenoxy) is 1. The highest BCUT2D eigenvalue weighted by Gasteiger charge is 2.55. The van der Waals surface area contributed by atoms with E-state index in [1.807, 2.05) is 6.92 Å². The van der Waals surface area contributed by atoms with Gasteiger partial charge in [0.25, 0.3) is 0 Å². The molecule has 1 aromatic rings. The first kappa shape index (κ1) is 12.4.